The molecule has 0 aliphatic rings. The van der Waals surface area contributed by atoms with Crippen molar-refractivity contribution < 1.29 is 9.47 Å². The van der Waals surface area contributed by atoms with Crippen LogP contribution in [-0.4, -0.2) is 29.9 Å². The number of benzene rings is 1. The molecule has 5 heteroatoms. The molecule has 5 nitrogen and oxygen atoms in total. The van der Waals surface area contributed by atoms with Gasteiger partial charge in [0.05, 0.1) is 12.8 Å². The van der Waals surface area contributed by atoms with E-state index in [0.29, 0.717) is 0 Å². The topological polar surface area (TPSA) is 48.3 Å². The average molecular weight is 289 g/mol. The maximum atomic E-state index is 5.38. The van der Waals surface area contributed by atoms with Crippen LogP contribution in [0.2, 0.25) is 0 Å². The zero-order chi connectivity index (χ0) is 15.1. The van der Waals surface area contributed by atoms with Gasteiger partial charge in [-0.3, -0.25) is 0 Å². The molecule has 1 N–H and O–H groups in total. The van der Waals surface area contributed by atoms with Crippen LogP contribution in [-0.2, 0) is 11.3 Å². The second-order valence-electron chi connectivity index (χ2n) is 4.82. The Morgan fingerprint density at radius 3 is 2.95 bits per heavy atom. The second-order valence-corrected chi connectivity index (χ2v) is 4.82. The highest BCUT2D eigenvalue weighted by atomic mass is 16.5. The van der Waals surface area contributed by atoms with Gasteiger partial charge in [0.1, 0.15) is 5.75 Å². The molecule has 0 spiro atoms. The summed E-state index contributed by atoms with van der Waals surface area (Å²) in [6.07, 6.45) is 4.73. The minimum atomic E-state index is 0.759. The Hall–Kier alpha value is -2.01. The van der Waals surface area contributed by atoms with Crippen LogP contribution in [0, 0.1) is 6.92 Å². The van der Waals surface area contributed by atoms with Crippen LogP contribution >= 0.6 is 0 Å². The molecule has 0 unspecified atom stereocenters. The van der Waals surface area contributed by atoms with Crippen molar-refractivity contribution in [1.29, 1.82) is 0 Å². The molecule has 0 bridgehead atoms. The zero-order valence-electron chi connectivity index (χ0n) is 12.9. The smallest absolute Gasteiger partial charge is 0.207 e. The van der Waals surface area contributed by atoms with Crippen LogP contribution in [0.15, 0.2) is 30.6 Å². The molecule has 0 amide bonds. The summed E-state index contributed by atoms with van der Waals surface area (Å²) >= 11 is 0. The minimum Gasteiger partial charge on any atom is -0.495 e. The van der Waals surface area contributed by atoms with Crippen LogP contribution < -0.4 is 10.1 Å². The fourth-order valence-electron chi connectivity index (χ4n) is 2.13. The normalized spacial score (nSPS) is 10.6. The second kappa shape index (κ2) is 7.69. The Morgan fingerprint density at radius 1 is 1.33 bits per heavy atom. The van der Waals surface area contributed by atoms with Crippen molar-refractivity contribution in [2.24, 2.45) is 0 Å². The number of anilines is 2. The lowest BCUT2D eigenvalue weighted by atomic mass is 10.2. The SMILES string of the molecule is CCOCCCn1ccnc1Nc1cc(C)ccc1OC. The number of aryl methyl sites for hydroxylation is 2. The quantitative estimate of drug-likeness (QED) is 0.757. The molecule has 0 aliphatic heterocycles. The molecule has 0 saturated heterocycles. The largest absolute Gasteiger partial charge is 0.495 e. The molecule has 0 radical (unpaired) electrons. The monoisotopic (exact) mass is 289 g/mol. The van der Waals surface area contributed by atoms with E-state index in [9.17, 15) is 0 Å². The number of nitrogens with one attached hydrogen (secondary N) is 1. The van der Waals surface area contributed by atoms with Crippen molar-refractivity contribution in [3.8, 4) is 5.75 Å². The molecule has 114 valence electrons. The maximum Gasteiger partial charge on any atom is 0.207 e. The molecule has 21 heavy (non-hydrogen) atoms. The lowest BCUT2D eigenvalue weighted by molar-refractivity contribution is 0.142. The number of aromatic nitrogens is 2. The van der Waals surface area contributed by atoms with Gasteiger partial charge in [-0.05, 0) is 38.0 Å². The third kappa shape index (κ3) is 4.23. The number of ether oxygens (including phenoxy) is 2. The highest BCUT2D eigenvalue weighted by Gasteiger charge is 2.07. The number of nitrogens with zero attached hydrogens (tertiary/aromatic N) is 2. The van der Waals surface area contributed by atoms with E-state index >= 15 is 0 Å². The summed E-state index contributed by atoms with van der Waals surface area (Å²) in [6, 6.07) is 6.04. The number of hydrogen-bond donors (Lipinski definition) is 1. The summed E-state index contributed by atoms with van der Waals surface area (Å²) in [5.74, 6) is 1.62. The first-order valence-corrected chi connectivity index (χ1v) is 7.25. The Bertz CT molecular complexity index is 566. The molecule has 1 aromatic carbocycles. The van der Waals surface area contributed by atoms with Gasteiger partial charge in [0.25, 0.3) is 0 Å². The first-order chi connectivity index (χ1) is 10.2. The Labute approximate surface area is 125 Å². The van der Waals surface area contributed by atoms with E-state index in [1.54, 1.807) is 13.3 Å². The van der Waals surface area contributed by atoms with Crippen molar-refractivity contribution >= 4 is 11.6 Å². The molecule has 1 heterocycles. The molecule has 0 saturated carbocycles. The molecule has 1 aromatic heterocycles. The number of methoxy groups -OCH3 is 1. The van der Waals surface area contributed by atoms with Crippen molar-refractivity contribution in [2.45, 2.75) is 26.8 Å². The van der Waals surface area contributed by atoms with Gasteiger partial charge in [-0.2, -0.15) is 0 Å². The first kappa shape index (κ1) is 15.4. The van der Waals surface area contributed by atoms with E-state index in [4.69, 9.17) is 9.47 Å². The molecule has 0 aliphatic carbocycles. The summed E-state index contributed by atoms with van der Waals surface area (Å²) in [6.45, 7) is 6.46. The standard InChI is InChI=1S/C16H23N3O2/c1-4-21-11-5-9-19-10-8-17-16(19)18-14-12-13(2)6-7-15(14)20-3/h6-8,10,12H,4-5,9,11H2,1-3H3,(H,17,18). The van der Waals surface area contributed by atoms with Gasteiger partial charge >= 0.3 is 0 Å². The molecule has 2 rings (SSSR count). The Morgan fingerprint density at radius 2 is 2.19 bits per heavy atom. The van der Waals surface area contributed by atoms with Crippen molar-refractivity contribution in [3.05, 3.63) is 36.2 Å². The zero-order valence-corrected chi connectivity index (χ0v) is 12.9. The predicted octanol–water partition coefficient (Wildman–Crippen LogP) is 3.37. The van der Waals surface area contributed by atoms with E-state index < -0.39 is 0 Å². The van der Waals surface area contributed by atoms with Gasteiger partial charge in [0, 0.05) is 32.2 Å². The van der Waals surface area contributed by atoms with Crippen molar-refractivity contribution in [1.82, 2.24) is 9.55 Å². The number of rotatable bonds is 8. The van der Waals surface area contributed by atoms with Crippen molar-refractivity contribution in [3.63, 3.8) is 0 Å². The van der Waals surface area contributed by atoms with Crippen LogP contribution in [0.1, 0.15) is 18.9 Å². The van der Waals surface area contributed by atoms with Gasteiger partial charge < -0.3 is 19.4 Å². The molecule has 2 aromatic rings. The Balaban J connectivity index is 2.06. The molecular weight excluding hydrogens is 266 g/mol. The minimum absolute atomic E-state index is 0.759. The summed E-state index contributed by atoms with van der Waals surface area (Å²) in [7, 11) is 1.67. The fraction of sp³-hybridized carbons (Fsp3) is 0.438. The highest BCUT2D eigenvalue weighted by molar-refractivity contribution is 5.63. The maximum absolute atomic E-state index is 5.38. The van der Waals surface area contributed by atoms with Crippen LogP contribution in [0.25, 0.3) is 0 Å². The van der Waals surface area contributed by atoms with Gasteiger partial charge in [-0.25, -0.2) is 4.98 Å². The molecule has 0 fully saturated rings. The van der Waals surface area contributed by atoms with E-state index in [1.807, 2.05) is 25.3 Å². The third-order valence-corrected chi connectivity index (χ3v) is 3.21. The summed E-state index contributed by atoms with van der Waals surface area (Å²) < 4.78 is 12.8. The van der Waals surface area contributed by atoms with Gasteiger partial charge in [-0.1, -0.05) is 6.07 Å². The predicted molar refractivity (Wildman–Crippen MR) is 84.4 cm³/mol. The van der Waals surface area contributed by atoms with E-state index in [1.165, 1.54) is 5.56 Å². The van der Waals surface area contributed by atoms with Gasteiger partial charge in [0.15, 0.2) is 0 Å². The molecule has 0 atom stereocenters. The van der Waals surface area contributed by atoms with Crippen molar-refractivity contribution in [2.75, 3.05) is 25.6 Å². The van der Waals surface area contributed by atoms with E-state index in [-0.39, 0.29) is 0 Å². The van der Waals surface area contributed by atoms with Gasteiger partial charge in [0.2, 0.25) is 5.95 Å². The Kier molecular flexibility index (Phi) is 5.63. The lowest BCUT2D eigenvalue weighted by Gasteiger charge is -2.13. The summed E-state index contributed by atoms with van der Waals surface area (Å²) in [5.41, 5.74) is 2.10. The van der Waals surface area contributed by atoms with E-state index in [2.05, 4.69) is 27.9 Å². The number of hydrogen-bond acceptors (Lipinski definition) is 4. The lowest BCUT2D eigenvalue weighted by Crippen LogP contribution is -2.06. The van der Waals surface area contributed by atoms with Crippen LogP contribution in [0.5, 0.6) is 5.75 Å². The van der Waals surface area contributed by atoms with Gasteiger partial charge in [-0.15, -0.1) is 0 Å². The van der Waals surface area contributed by atoms with E-state index in [0.717, 1.165) is 43.6 Å². The first-order valence-electron chi connectivity index (χ1n) is 7.25. The highest BCUT2D eigenvalue weighted by Crippen LogP contribution is 2.28. The van der Waals surface area contributed by atoms with Crippen LogP contribution in [0.3, 0.4) is 0 Å². The summed E-state index contributed by atoms with van der Waals surface area (Å²) in [4.78, 5) is 4.37. The average Bonchev–Trinajstić information content (AvgIpc) is 2.91. The van der Waals surface area contributed by atoms with Crippen LogP contribution in [0.4, 0.5) is 11.6 Å². The summed E-state index contributed by atoms with van der Waals surface area (Å²) in [5, 5.41) is 3.34. The fourth-order valence-corrected chi connectivity index (χ4v) is 2.13. The number of imidazole rings is 1. The third-order valence-electron chi connectivity index (χ3n) is 3.21. The molecular formula is C16H23N3O2.